The van der Waals surface area contributed by atoms with Crippen LogP contribution in [0.15, 0.2) is 24.3 Å². The van der Waals surface area contributed by atoms with E-state index in [2.05, 4.69) is 20.8 Å². The van der Waals surface area contributed by atoms with E-state index in [0.717, 1.165) is 32.1 Å². The van der Waals surface area contributed by atoms with Gasteiger partial charge in [0.15, 0.2) is 0 Å². The molecule has 0 aliphatic heterocycles. The van der Waals surface area contributed by atoms with Gasteiger partial charge < -0.3 is 9.84 Å². The molecule has 1 rings (SSSR count). The van der Waals surface area contributed by atoms with Gasteiger partial charge in [-0.3, -0.25) is 0 Å². The molecule has 0 fully saturated rings. The van der Waals surface area contributed by atoms with Gasteiger partial charge in [-0.2, -0.15) is 0 Å². The summed E-state index contributed by atoms with van der Waals surface area (Å²) in [4.78, 5) is 24.2. The van der Waals surface area contributed by atoms with Gasteiger partial charge in [-0.1, -0.05) is 97.5 Å². The number of aromatic carboxylic acids is 1. The predicted octanol–water partition coefficient (Wildman–Crippen LogP) is 8.44. The molecule has 1 aromatic rings. The molecule has 1 aromatic carbocycles. The van der Waals surface area contributed by atoms with Gasteiger partial charge in [0.2, 0.25) is 0 Å². The van der Waals surface area contributed by atoms with Crippen molar-refractivity contribution in [2.45, 2.75) is 123 Å². The highest BCUT2D eigenvalue weighted by Crippen LogP contribution is 2.27. The monoisotopic (exact) mass is 446 g/mol. The van der Waals surface area contributed by atoms with Crippen LogP contribution in [0.4, 0.5) is 0 Å². The third-order valence-corrected chi connectivity index (χ3v) is 6.31. The lowest BCUT2D eigenvalue weighted by Crippen LogP contribution is -2.27. The minimum atomic E-state index is -1.03. The Bertz CT molecular complexity index is 640. The van der Waals surface area contributed by atoms with Crippen molar-refractivity contribution in [2.75, 3.05) is 0 Å². The summed E-state index contributed by atoms with van der Waals surface area (Å²) in [5.41, 5.74) is 0.446. The number of benzene rings is 1. The molecule has 0 aliphatic rings. The molecule has 0 radical (unpaired) electrons. The van der Waals surface area contributed by atoms with E-state index in [1.165, 1.54) is 76.3 Å². The lowest BCUT2D eigenvalue weighted by Gasteiger charge is -2.27. The zero-order valence-corrected chi connectivity index (χ0v) is 20.7. The molecule has 1 N–H and O–H groups in total. The molecule has 0 spiro atoms. The van der Waals surface area contributed by atoms with Crippen molar-refractivity contribution in [3.63, 3.8) is 0 Å². The molecular weight excluding hydrogens is 400 g/mol. The minimum Gasteiger partial charge on any atom is -0.478 e. The van der Waals surface area contributed by atoms with Crippen LogP contribution in [0.25, 0.3) is 0 Å². The largest absolute Gasteiger partial charge is 0.478 e. The minimum absolute atomic E-state index is 0.0899. The van der Waals surface area contributed by atoms with Crippen molar-refractivity contribution in [1.82, 2.24) is 0 Å². The Kier molecular flexibility index (Phi) is 15.6. The fourth-order valence-electron chi connectivity index (χ4n) is 4.40. The van der Waals surface area contributed by atoms with E-state index >= 15 is 0 Å². The van der Waals surface area contributed by atoms with Crippen LogP contribution < -0.4 is 0 Å². The van der Waals surface area contributed by atoms with Crippen molar-refractivity contribution in [2.24, 2.45) is 5.92 Å². The van der Waals surface area contributed by atoms with E-state index in [1.807, 2.05) is 0 Å². The molecule has 2 atom stereocenters. The number of carbonyl (C=O) groups is 2. The van der Waals surface area contributed by atoms with Crippen molar-refractivity contribution in [1.29, 1.82) is 0 Å². The molecule has 0 bridgehead atoms. The van der Waals surface area contributed by atoms with E-state index in [9.17, 15) is 14.7 Å². The smallest absolute Gasteiger partial charge is 0.338 e. The highest BCUT2D eigenvalue weighted by molar-refractivity contribution is 5.94. The number of hydrogen-bond donors (Lipinski definition) is 1. The van der Waals surface area contributed by atoms with Gasteiger partial charge in [0.05, 0.1) is 11.1 Å². The summed E-state index contributed by atoms with van der Waals surface area (Å²) in [6, 6.07) is 6.18. The fourth-order valence-corrected chi connectivity index (χ4v) is 4.40. The summed E-state index contributed by atoms with van der Waals surface area (Å²) in [5, 5.41) is 9.23. The number of esters is 1. The third kappa shape index (κ3) is 11.7. The summed E-state index contributed by atoms with van der Waals surface area (Å²) in [6.07, 6.45) is 17.7. The number of carboxylic acid groups (broad SMARTS) is 1. The van der Waals surface area contributed by atoms with Crippen molar-refractivity contribution < 1.29 is 19.4 Å². The maximum absolute atomic E-state index is 12.9. The van der Waals surface area contributed by atoms with E-state index in [4.69, 9.17) is 4.74 Å². The van der Waals surface area contributed by atoms with Crippen LogP contribution in [0.2, 0.25) is 0 Å². The maximum Gasteiger partial charge on any atom is 0.338 e. The average Bonchev–Trinajstić information content (AvgIpc) is 2.79. The third-order valence-electron chi connectivity index (χ3n) is 6.31. The second-order valence-electron chi connectivity index (χ2n) is 9.14. The molecule has 0 aromatic heterocycles. The van der Waals surface area contributed by atoms with Gasteiger partial charge in [-0.25, -0.2) is 9.59 Å². The normalized spacial score (nSPS) is 13.0. The molecule has 4 heteroatoms. The molecule has 0 saturated carbocycles. The molecule has 0 saturated heterocycles. The van der Waals surface area contributed by atoms with Crippen molar-refractivity contribution in [3.05, 3.63) is 35.4 Å². The second kappa shape index (κ2) is 17.7. The van der Waals surface area contributed by atoms with Crippen LogP contribution in [-0.4, -0.2) is 23.1 Å². The molecule has 182 valence electrons. The maximum atomic E-state index is 12.9. The number of ether oxygens (including phenoxy) is 1. The zero-order chi connectivity index (χ0) is 23.6. The van der Waals surface area contributed by atoms with Gasteiger partial charge in [0, 0.05) is 0 Å². The first kappa shape index (κ1) is 28.2. The Morgan fingerprint density at radius 1 is 0.750 bits per heavy atom. The second-order valence-corrected chi connectivity index (χ2v) is 9.14. The summed E-state index contributed by atoms with van der Waals surface area (Å²) < 4.78 is 6.04. The fraction of sp³-hybridized carbons (Fsp3) is 0.714. The molecule has 2 unspecified atom stereocenters. The Morgan fingerprint density at radius 3 is 1.94 bits per heavy atom. The molecule has 0 heterocycles. The van der Waals surface area contributed by atoms with Crippen LogP contribution in [0.3, 0.4) is 0 Å². The topological polar surface area (TPSA) is 63.6 Å². The van der Waals surface area contributed by atoms with Crippen LogP contribution >= 0.6 is 0 Å². The standard InChI is InChI=1S/C28H46O4/c1-4-7-9-10-11-12-13-15-21-26(23(17-6-3)18-14-8-5-2)32-28(31)25-20-16-19-24(22-25)27(29)30/h16,19-20,22-23,26H,4-15,17-18,21H2,1-3H3,(H,29,30). The summed E-state index contributed by atoms with van der Waals surface area (Å²) in [6.45, 7) is 6.65. The molecule has 4 nitrogen and oxygen atoms in total. The van der Waals surface area contributed by atoms with Gasteiger partial charge in [-0.15, -0.1) is 0 Å². The van der Waals surface area contributed by atoms with Crippen molar-refractivity contribution in [3.8, 4) is 0 Å². The van der Waals surface area contributed by atoms with E-state index in [1.54, 1.807) is 12.1 Å². The Hall–Kier alpha value is -1.84. The Balaban J connectivity index is 2.73. The van der Waals surface area contributed by atoms with Crippen LogP contribution in [-0.2, 0) is 4.74 Å². The van der Waals surface area contributed by atoms with E-state index < -0.39 is 11.9 Å². The van der Waals surface area contributed by atoms with Gasteiger partial charge in [0.25, 0.3) is 0 Å². The van der Waals surface area contributed by atoms with Crippen LogP contribution in [0.5, 0.6) is 0 Å². The number of carboxylic acids is 1. The van der Waals surface area contributed by atoms with Crippen molar-refractivity contribution >= 4 is 11.9 Å². The summed E-state index contributed by atoms with van der Waals surface area (Å²) in [5.74, 6) is -1.05. The first-order chi connectivity index (χ1) is 15.5. The number of carbonyl (C=O) groups excluding carboxylic acids is 1. The Labute approximate surface area is 196 Å². The van der Waals surface area contributed by atoms with E-state index in [-0.39, 0.29) is 11.7 Å². The van der Waals surface area contributed by atoms with Crippen LogP contribution in [0, 0.1) is 5.92 Å². The van der Waals surface area contributed by atoms with Crippen LogP contribution in [0.1, 0.15) is 138 Å². The lowest BCUT2D eigenvalue weighted by molar-refractivity contribution is 0.00676. The number of unbranched alkanes of at least 4 members (excludes halogenated alkanes) is 9. The molecule has 32 heavy (non-hydrogen) atoms. The van der Waals surface area contributed by atoms with Gasteiger partial charge in [0.1, 0.15) is 6.10 Å². The highest BCUT2D eigenvalue weighted by Gasteiger charge is 2.25. The number of hydrogen-bond acceptors (Lipinski definition) is 3. The zero-order valence-electron chi connectivity index (χ0n) is 20.7. The van der Waals surface area contributed by atoms with Gasteiger partial charge >= 0.3 is 11.9 Å². The predicted molar refractivity (Wildman–Crippen MR) is 132 cm³/mol. The Morgan fingerprint density at radius 2 is 1.31 bits per heavy atom. The quantitative estimate of drug-likeness (QED) is 0.171. The first-order valence-corrected chi connectivity index (χ1v) is 13.1. The highest BCUT2D eigenvalue weighted by atomic mass is 16.5. The lowest BCUT2D eigenvalue weighted by atomic mass is 9.88. The molecule has 0 aliphatic carbocycles. The SMILES string of the molecule is CCCCCCCCCCC(OC(=O)c1cccc(C(=O)O)c1)C(CCC)CCCCC. The van der Waals surface area contributed by atoms with Gasteiger partial charge in [-0.05, 0) is 49.8 Å². The molecular formula is C28H46O4. The number of rotatable bonds is 19. The summed E-state index contributed by atoms with van der Waals surface area (Å²) in [7, 11) is 0. The first-order valence-electron chi connectivity index (χ1n) is 13.1. The molecule has 0 amide bonds. The average molecular weight is 447 g/mol. The summed E-state index contributed by atoms with van der Waals surface area (Å²) >= 11 is 0. The van der Waals surface area contributed by atoms with E-state index in [0.29, 0.717) is 11.5 Å².